The van der Waals surface area contributed by atoms with Crippen molar-refractivity contribution in [3.63, 3.8) is 0 Å². The Morgan fingerprint density at radius 2 is 1.94 bits per heavy atom. The number of nitrogens with one attached hydrogen (secondary N) is 3. The second-order valence-electron chi connectivity index (χ2n) is 9.44. The number of aliphatic hydroxyl groups is 1. The number of benzene rings is 2. The van der Waals surface area contributed by atoms with Crippen molar-refractivity contribution in [2.24, 2.45) is 0 Å². The Balaban J connectivity index is 1.15. The third-order valence-corrected chi connectivity index (χ3v) is 6.91. The normalized spacial score (nSPS) is 22.7. The van der Waals surface area contributed by atoms with Crippen molar-refractivity contribution in [1.82, 2.24) is 20.4 Å². The molecular formula is C26H31N5O5. The van der Waals surface area contributed by atoms with Crippen molar-refractivity contribution in [3.05, 3.63) is 64.7 Å². The predicted molar refractivity (Wildman–Crippen MR) is 132 cm³/mol. The molecule has 5 rings (SSSR count). The second-order valence-corrected chi connectivity index (χ2v) is 9.44. The lowest BCUT2D eigenvalue weighted by atomic mass is 10.0. The Morgan fingerprint density at radius 1 is 1.11 bits per heavy atom. The molecule has 190 valence electrons. The van der Waals surface area contributed by atoms with Gasteiger partial charge in [-0.25, -0.2) is 4.79 Å². The van der Waals surface area contributed by atoms with E-state index in [0.717, 1.165) is 60.8 Å². The molecule has 2 saturated heterocycles. The molecular weight excluding hydrogens is 462 g/mol. The Labute approximate surface area is 209 Å². The molecule has 0 aromatic heterocycles. The third-order valence-electron chi connectivity index (χ3n) is 6.91. The quantitative estimate of drug-likeness (QED) is 0.449. The number of ether oxygens (including phenoxy) is 1. The van der Waals surface area contributed by atoms with Gasteiger partial charge in [-0.15, -0.1) is 0 Å². The van der Waals surface area contributed by atoms with Gasteiger partial charge in [0.05, 0.1) is 19.3 Å². The van der Waals surface area contributed by atoms with Gasteiger partial charge in [-0.3, -0.25) is 24.7 Å². The molecule has 4 amide bonds. The van der Waals surface area contributed by atoms with Crippen molar-refractivity contribution in [1.29, 1.82) is 0 Å². The van der Waals surface area contributed by atoms with E-state index in [1.165, 1.54) is 0 Å². The Kier molecular flexibility index (Phi) is 7.28. The monoisotopic (exact) mass is 493 g/mol. The number of amides is 4. The van der Waals surface area contributed by atoms with Crippen LogP contribution in [-0.4, -0.2) is 65.1 Å². The van der Waals surface area contributed by atoms with E-state index < -0.39 is 12.3 Å². The largest absolute Gasteiger partial charge is 0.379 e. The lowest BCUT2D eigenvalue weighted by molar-refractivity contribution is -0.141. The highest BCUT2D eigenvalue weighted by Gasteiger charge is 2.39. The van der Waals surface area contributed by atoms with Gasteiger partial charge in [0.15, 0.2) is 0 Å². The van der Waals surface area contributed by atoms with E-state index in [4.69, 9.17) is 4.74 Å². The molecule has 2 atom stereocenters. The van der Waals surface area contributed by atoms with Crippen LogP contribution in [0.3, 0.4) is 0 Å². The summed E-state index contributed by atoms with van der Waals surface area (Å²) in [5.41, 5.74) is 4.34. The first-order valence-corrected chi connectivity index (χ1v) is 12.3. The average molecular weight is 494 g/mol. The molecule has 0 radical (unpaired) electrons. The zero-order valence-electron chi connectivity index (χ0n) is 20.0. The van der Waals surface area contributed by atoms with Gasteiger partial charge in [-0.1, -0.05) is 24.3 Å². The summed E-state index contributed by atoms with van der Waals surface area (Å²) in [6, 6.07) is 12.6. The molecule has 2 fully saturated rings. The first-order chi connectivity index (χ1) is 17.5. The minimum atomic E-state index is -0.938. The van der Waals surface area contributed by atoms with Crippen LogP contribution < -0.4 is 16.0 Å². The summed E-state index contributed by atoms with van der Waals surface area (Å²) in [7, 11) is 0. The fraction of sp³-hybridized carbons (Fsp3) is 0.423. The SMILES string of the molecule is O=C1CCC(N2Cc3ccc(CNC(=O)Nc4cccc(CN5CCOCC5)c4)cc3C2O)C(=O)N1. The number of carbonyl (C=O) groups excluding carboxylic acids is 3. The van der Waals surface area contributed by atoms with Gasteiger partial charge in [-0.05, 0) is 41.3 Å². The number of fused-ring (bicyclic) bond motifs is 1. The minimum absolute atomic E-state index is 0.260. The maximum Gasteiger partial charge on any atom is 0.319 e. The molecule has 3 heterocycles. The highest BCUT2D eigenvalue weighted by molar-refractivity contribution is 6.00. The molecule has 36 heavy (non-hydrogen) atoms. The molecule has 0 bridgehead atoms. The van der Waals surface area contributed by atoms with Crippen molar-refractivity contribution < 1.29 is 24.2 Å². The molecule has 4 N–H and O–H groups in total. The van der Waals surface area contributed by atoms with Crippen LogP contribution in [-0.2, 0) is 34.0 Å². The number of urea groups is 1. The molecule has 2 aromatic carbocycles. The number of morpholine rings is 1. The Bertz CT molecular complexity index is 1150. The number of carbonyl (C=O) groups is 3. The van der Waals surface area contributed by atoms with Crippen molar-refractivity contribution in [3.8, 4) is 0 Å². The number of hydrogen-bond donors (Lipinski definition) is 4. The fourth-order valence-electron chi connectivity index (χ4n) is 5.00. The van der Waals surface area contributed by atoms with E-state index in [1.54, 1.807) is 4.90 Å². The van der Waals surface area contributed by atoms with Crippen LogP contribution in [0.2, 0.25) is 0 Å². The first-order valence-electron chi connectivity index (χ1n) is 12.3. The summed E-state index contributed by atoms with van der Waals surface area (Å²) in [5, 5.41) is 19.0. The standard InChI is InChI=1S/C26H31N5O5/c32-23-7-6-22(24(33)29-23)31-16-19-5-4-17(13-21(19)25(31)34)14-27-26(35)28-20-3-1-2-18(12-20)15-30-8-10-36-11-9-30/h1-5,12-13,22,25,34H,6-11,14-16H2,(H2,27,28,35)(H,29,32,33). The van der Waals surface area contributed by atoms with Crippen LogP contribution in [0, 0.1) is 0 Å². The summed E-state index contributed by atoms with van der Waals surface area (Å²) >= 11 is 0. The number of hydrogen-bond acceptors (Lipinski definition) is 7. The van der Waals surface area contributed by atoms with Crippen LogP contribution in [0.4, 0.5) is 10.5 Å². The minimum Gasteiger partial charge on any atom is -0.379 e. The van der Waals surface area contributed by atoms with E-state index in [0.29, 0.717) is 13.0 Å². The summed E-state index contributed by atoms with van der Waals surface area (Å²) in [5.74, 6) is -0.649. The lowest BCUT2D eigenvalue weighted by Gasteiger charge is -2.31. The maximum absolute atomic E-state index is 12.5. The number of imide groups is 1. The van der Waals surface area contributed by atoms with Crippen molar-refractivity contribution >= 4 is 23.5 Å². The van der Waals surface area contributed by atoms with Crippen LogP contribution in [0.1, 0.15) is 41.3 Å². The Morgan fingerprint density at radius 3 is 2.75 bits per heavy atom. The molecule has 0 spiro atoms. The van der Waals surface area contributed by atoms with Gasteiger partial charge in [0.25, 0.3) is 0 Å². The fourth-order valence-corrected chi connectivity index (χ4v) is 5.00. The summed E-state index contributed by atoms with van der Waals surface area (Å²) < 4.78 is 5.40. The number of rotatable bonds is 6. The molecule has 0 aliphatic carbocycles. The van der Waals surface area contributed by atoms with E-state index in [2.05, 4.69) is 20.9 Å². The van der Waals surface area contributed by atoms with Crippen molar-refractivity contribution in [2.45, 2.75) is 44.7 Å². The molecule has 10 heteroatoms. The van der Waals surface area contributed by atoms with Gasteiger partial charge >= 0.3 is 6.03 Å². The topological polar surface area (TPSA) is 123 Å². The highest BCUT2D eigenvalue weighted by Crippen LogP contribution is 2.35. The molecule has 2 aromatic rings. The first kappa shape index (κ1) is 24.4. The van der Waals surface area contributed by atoms with E-state index >= 15 is 0 Å². The van der Waals surface area contributed by atoms with E-state index in [9.17, 15) is 19.5 Å². The molecule has 10 nitrogen and oxygen atoms in total. The van der Waals surface area contributed by atoms with Gasteiger partial charge in [0.2, 0.25) is 11.8 Å². The zero-order valence-corrected chi connectivity index (χ0v) is 20.0. The molecule has 0 saturated carbocycles. The van der Waals surface area contributed by atoms with Gasteiger partial charge in [0, 0.05) is 50.4 Å². The lowest BCUT2D eigenvalue weighted by Crippen LogP contribution is -2.51. The van der Waals surface area contributed by atoms with Gasteiger partial charge < -0.3 is 20.5 Å². The summed E-state index contributed by atoms with van der Waals surface area (Å²) in [4.78, 5) is 40.3. The van der Waals surface area contributed by atoms with E-state index in [1.807, 2.05) is 42.5 Å². The van der Waals surface area contributed by atoms with Crippen LogP contribution in [0.15, 0.2) is 42.5 Å². The average Bonchev–Trinajstić information content (AvgIpc) is 3.19. The summed E-state index contributed by atoms with van der Waals surface area (Å²) in [6.07, 6.45) is -0.291. The number of piperidine rings is 1. The number of aliphatic hydroxyl groups excluding tert-OH is 1. The van der Waals surface area contributed by atoms with Crippen LogP contribution >= 0.6 is 0 Å². The third kappa shape index (κ3) is 5.57. The maximum atomic E-state index is 12.5. The highest BCUT2D eigenvalue weighted by atomic mass is 16.5. The van der Waals surface area contributed by atoms with Gasteiger partial charge in [-0.2, -0.15) is 0 Å². The zero-order chi connectivity index (χ0) is 25.1. The number of anilines is 1. The summed E-state index contributed by atoms with van der Waals surface area (Å²) in [6.45, 7) is 4.82. The van der Waals surface area contributed by atoms with Crippen molar-refractivity contribution in [2.75, 3.05) is 31.6 Å². The Hall–Kier alpha value is -3.31. The van der Waals surface area contributed by atoms with Crippen LogP contribution in [0.25, 0.3) is 0 Å². The smallest absolute Gasteiger partial charge is 0.319 e. The van der Waals surface area contributed by atoms with Gasteiger partial charge in [0.1, 0.15) is 6.23 Å². The second kappa shape index (κ2) is 10.8. The predicted octanol–water partition coefficient (Wildman–Crippen LogP) is 1.45. The van der Waals surface area contributed by atoms with E-state index in [-0.39, 0.29) is 30.8 Å². The molecule has 3 aliphatic heterocycles. The molecule has 3 aliphatic rings. The molecule has 2 unspecified atom stereocenters. The number of nitrogens with zero attached hydrogens (tertiary/aromatic N) is 2. The van der Waals surface area contributed by atoms with Crippen LogP contribution in [0.5, 0.6) is 0 Å².